The van der Waals surface area contributed by atoms with E-state index in [1.54, 1.807) is 24.5 Å². The van der Waals surface area contributed by atoms with Gasteiger partial charge in [0, 0.05) is 63.5 Å². The maximum Gasteiger partial charge on any atom is 0.340 e. The highest BCUT2D eigenvalue weighted by atomic mass is 16.5. The summed E-state index contributed by atoms with van der Waals surface area (Å²) in [5.41, 5.74) is 0.342. The van der Waals surface area contributed by atoms with Crippen molar-refractivity contribution in [3.63, 3.8) is 0 Å². The minimum atomic E-state index is -1.26. The van der Waals surface area contributed by atoms with Gasteiger partial charge in [-0.2, -0.15) is 0 Å². The number of carbonyl (C=O) groups excluding carboxylic acids is 3. The summed E-state index contributed by atoms with van der Waals surface area (Å²) >= 11 is 0. The van der Waals surface area contributed by atoms with E-state index in [0.29, 0.717) is 37.1 Å². The monoisotopic (exact) mass is 591 g/mol. The first-order chi connectivity index (χ1) is 20.7. The van der Waals surface area contributed by atoms with Crippen LogP contribution in [0.25, 0.3) is 0 Å². The Morgan fingerprint density at radius 1 is 0.884 bits per heavy atom. The van der Waals surface area contributed by atoms with Crippen LogP contribution in [0.3, 0.4) is 0 Å². The van der Waals surface area contributed by atoms with Crippen LogP contribution in [0, 0.1) is 11.8 Å². The number of carboxylic acid groups (broad SMARTS) is 2. The highest BCUT2D eigenvalue weighted by molar-refractivity contribution is 6.05. The Morgan fingerprint density at radius 2 is 1.53 bits per heavy atom. The molecule has 226 valence electrons. The summed E-state index contributed by atoms with van der Waals surface area (Å²) in [6.45, 7) is 3.60. The van der Waals surface area contributed by atoms with Gasteiger partial charge in [0.05, 0.1) is 23.9 Å². The molecule has 0 aromatic carbocycles. The Hall–Kier alpha value is -4.91. The Morgan fingerprint density at radius 3 is 2.07 bits per heavy atom. The van der Waals surface area contributed by atoms with E-state index in [1.165, 1.54) is 11.1 Å². The Kier molecular flexibility index (Phi) is 10.7. The first kappa shape index (κ1) is 31.0. The van der Waals surface area contributed by atoms with Crippen LogP contribution in [0.2, 0.25) is 0 Å². The number of ether oxygens (including phenoxy) is 1. The van der Waals surface area contributed by atoms with Crippen LogP contribution in [0.15, 0.2) is 73.2 Å². The number of likely N-dealkylation sites (tertiary alicyclic amines) is 1. The van der Waals surface area contributed by atoms with Crippen LogP contribution < -0.4 is 4.90 Å². The Bertz CT molecular complexity index is 1320. The largest absolute Gasteiger partial charge is 0.478 e. The number of anilines is 1. The van der Waals surface area contributed by atoms with Crippen LogP contribution >= 0.6 is 0 Å². The lowest BCUT2D eigenvalue weighted by Crippen LogP contribution is -2.51. The van der Waals surface area contributed by atoms with Crippen molar-refractivity contribution in [2.45, 2.75) is 18.9 Å². The van der Waals surface area contributed by atoms with E-state index in [0.717, 1.165) is 32.0 Å². The number of carbonyl (C=O) groups is 5. The number of aliphatic carboxylic acids is 2. The quantitative estimate of drug-likeness (QED) is 0.187. The molecule has 13 nitrogen and oxygen atoms in total. The maximum absolute atomic E-state index is 13.0. The molecule has 13 heteroatoms. The third-order valence-electron chi connectivity index (χ3n) is 7.33. The van der Waals surface area contributed by atoms with Gasteiger partial charge in [0.2, 0.25) is 11.8 Å². The van der Waals surface area contributed by atoms with Crippen molar-refractivity contribution in [2.24, 2.45) is 11.8 Å². The highest BCUT2D eigenvalue weighted by Gasteiger charge is 2.48. The molecule has 3 unspecified atom stereocenters. The fourth-order valence-corrected chi connectivity index (χ4v) is 5.22. The zero-order valence-electron chi connectivity index (χ0n) is 23.4. The number of hydrogen-bond acceptors (Lipinski definition) is 10. The molecule has 1 aliphatic carbocycles. The predicted molar refractivity (Wildman–Crippen MR) is 153 cm³/mol. The summed E-state index contributed by atoms with van der Waals surface area (Å²) in [4.78, 5) is 72.2. The van der Waals surface area contributed by atoms with Crippen LogP contribution in [-0.2, 0) is 23.9 Å². The molecule has 2 aromatic rings. The topological polar surface area (TPSA) is 171 Å². The summed E-state index contributed by atoms with van der Waals surface area (Å²) in [5, 5.41) is 15.6. The summed E-state index contributed by atoms with van der Waals surface area (Å²) in [6, 6.07) is 9.18. The number of imide groups is 1. The second-order valence-electron chi connectivity index (χ2n) is 10.2. The van der Waals surface area contributed by atoms with Crippen LogP contribution in [-0.4, -0.2) is 105 Å². The van der Waals surface area contributed by atoms with Crippen LogP contribution in [0.4, 0.5) is 5.82 Å². The molecule has 2 saturated heterocycles. The standard InChI is InChI=1S/C26H29N5O4.C4H4O4/c32-24-21-7-1-2-8-22(21)25(33)31(24)18-20(35-26(34)19-6-5-10-27-16-19)17-29-12-14-30(15-13-29)23-9-3-4-11-28-23;5-3(6)1-2-4(7)8/h1-6,9-11,16,20-22H,7-8,12-15,17-18H2;1-2H,(H,5,6)(H,7,8)/b;2-1+. The number of aromatic nitrogens is 2. The van der Waals surface area contributed by atoms with Gasteiger partial charge >= 0.3 is 17.9 Å². The zero-order valence-corrected chi connectivity index (χ0v) is 23.4. The average molecular weight is 592 g/mol. The lowest BCUT2D eigenvalue weighted by atomic mass is 9.85. The molecule has 5 rings (SSSR count). The zero-order chi connectivity index (χ0) is 30.8. The van der Waals surface area contributed by atoms with Gasteiger partial charge in [-0.25, -0.2) is 19.4 Å². The van der Waals surface area contributed by atoms with Gasteiger partial charge in [0.25, 0.3) is 0 Å². The van der Waals surface area contributed by atoms with E-state index in [9.17, 15) is 24.0 Å². The molecule has 2 fully saturated rings. The maximum atomic E-state index is 13.0. The first-order valence-corrected chi connectivity index (χ1v) is 13.9. The molecule has 2 amide bonds. The normalized spacial score (nSPS) is 20.7. The van der Waals surface area contributed by atoms with Gasteiger partial charge in [0.15, 0.2) is 0 Å². The fourth-order valence-electron chi connectivity index (χ4n) is 5.22. The molecule has 0 spiro atoms. The summed E-state index contributed by atoms with van der Waals surface area (Å²) < 4.78 is 5.85. The number of rotatable bonds is 9. The van der Waals surface area contributed by atoms with Gasteiger partial charge in [-0.05, 0) is 37.1 Å². The molecule has 3 atom stereocenters. The number of hydrogen-bond donors (Lipinski definition) is 2. The van der Waals surface area contributed by atoms with Crippen molar-refractivity contribution >= 4 is 35.5 Å². The van der Waals surface area contributed by atoms with Gasteiger partial charge < -0.3 is 19.8 Å². The van der Waals surface area contributed by atoms with Crippen molar-refractivity contribution in [3.05, 3.63) is 78.8 Å². The molecule has 2 aliphatic heterocycles. The third-order valence-corrected chi connectivity index (χ3v) is 7.33. The minimum absolute atomic E-state index is 0.0666. The van der Waals surface area contributed by atoms with E-state index in [4.69, 9.17) is 14.9 Å². The SMILES string of the molecule is O=C(O)/C=C/C(=O)O.O=C(OC(CN1CCN(c2ccccn2)CC1)CN1C(=O)C2CC=CCC2C1=O)c1cccnc1. The lowest BCUT2D eigenvalue weighted by molar-refractivity contribution is -0.142. The van der Waals surface area contributed by atoms with E-state index >= 15 is 0 Å². The van der Waals surface area contributed by atoms with Gasteiger partial charge in [-0.3, -0.25) is 24.4 Å². The molecular formula is C30H33N5O8. The van der Waals surface area contributed by atoms with Crippen molar-refractivity contribution < 1.29 is 38.9 Å². The molecule has 2 aromatic heterocycles. The number of allylic oxidation sites excluding steroid dienone is 2. The number of nitrogens with zero attached hydrogens (tertiary/aromatic N) is 5. The molecule has 4 heterocycles. The summed E-state index contributed by atoms with van der Waals surface area (Å²) in [6.07, 6.45) is 10.4. The number of fused-ring (bicyclic) bond motifs is 1. The van der Waals surface area contributed by atoms with E-state index in [2.05, 4.69) is 19.8 Å². The average Bonchev–Trinajstić information content (AvgIpc) is 3.26. The van der Waals surface area contributed by atoms with Crippen LogP contribution in [0.5, 0.6) is 0 Å². The van der Waals surface area contributed by atoms with Crippen molar-refractivity contribution in [1.82, 2.24) is 19.8 Å². The number of piperazine rings is 1. The molecule has 0 bridgehead atoms. The molecule has 0 saturated carbocycles. The minimum Gasteiger partial charge on any atom is -0.478 e. The number of carboxylic acids is 2. The molecule has 3 aliphatic rings. The first-order valence-electron chi connectivity index (χ1n) is 13.9. The second kappa shape index (κ2) is 14.8. The second-order valence-corrected chi connectivity index (χ2v) is 10.2. The molecule has 2 N–H and O–H groups in total. The number of amides is 2. The van der Waals surface area contributed by atoms with Crippen molar-refractivity contribution in [3.8, 4) is 0 Å². The van der Waals surface area contributed by atoms with E-state index < -0.39 is 24.0 Å². The van der Waals surface area contributed by atoms with Gasteiger partial charge in [0.1, 0.15) is 11.9 Å². The Labute approximate surface area is 248 Å². The van der Waals surface area contributed by atoms with Gasteiger partial charge in [-0.15, -0.1) is 0 Å². The highest BCUT2D eigenvalue weighted by Crippen LogP contribution is 2.35. The molecular weight excluding hydrogens is 558 g/mol. The van der Waals surface area contributed by atoms with Crippen LogP contribution in [0.1, 0.15) is 23.2 Å². The number of pyridine rings is 2. The van der Waals surface area contributed by atoms with E-state index in [1.807, 2.05) is 30.4 Å². The predicted octanol–water partition coefficient (Wildman–Crippen LogP) is 1.49. The lowest BCUT2D eigenvalue weighted by Gasteiger charge is -2.37. The third kappa shape index (κ3) is 8.55. The van der Waals surface area contributed by atoms with E-state index in [-0.39, 0.29) is 30.2 Å². The fraction of sp³-hybridized carbons (Fsp3) is 0.367. The summed E-state index contributed by atoms with van der Waals surface area (Å²) in [7, 11) is 0. The smallest absolute Gasteiger partial charge is 0.340 e. The molecule has 43 heavy (non-hydrogen) atoms. The molecule has 0 radical (unpaired) electrons. The van der Waals surface area contributed by atoms with Gasteiger partial charge in [-0.1, -0.05) is 18.2 Å². The number of esters is 1. The summed E-state index contributed by atoms with van der Waals surface area (Å²) in [5.74, 6) is -3.00. The Balaban J connectivity index is 0.000000467. The van der Waals surface area contributed by atoms with Crippen molar-refractivity contribution in [2.75, 3.05) is 44.2 Å². The van der Waals surface area contributed by atoms with Crippen molar-refractivity contribution in [1.29, 1.82) is 0 Å².